The van der Waals surface area contributed by atoms with E-state index in [4.69, 9.17) is 10.2 Å². The first-order valence-electron chi connectivity index (χ1n) is 3.88. The molecule has 1 atom stereocenters. The molecule has 3 nitrogen and oxygen atoms in total. The maximum absolute atomic E-state index is 5.62. The van der Waals surface area contributed by atoms with Crippen molar-refractivity contribution in [1.29, 1.82) is 0 Å². The molecule has 1 heterocycles. The number of rotatable bonds is 1. The van der Waals surface area contributed by atoms with E-state index in [9.17, 15) is 0 Å². The van der Waals surface area contributed by atoms with Gasteiger partial charge in [0.15, 0.2) is 5.58 Å². The average Bonchev–Trinajstić information content (AvgIpc) is 2.46. The molecule has 0 radical (unpaired) electrons. The van der Waals surface area contributed by atoms with Crippen LogP contribution in [0.1, 0.15) is 18.9 Å². The lowest BCUT2D eigenvalue weighted by atomic mass is 10.3. The Balaban J connectivity index is 0.000000845. The number of halogens is 1. The van der Waals surface area contributed by atoms with E-state index in [0.29, 0.717) is 5.89 Å². The number of nitrogens with zero attached hydrogens (tertiary/aromatic N) is 1. The van der Waals surface area contributed by atoms with E-state index < -0.39 is 0 Å². The molecular formula is C9H11ClN2O. The fourth-order valence-corrected chi connectivity index (χ4v) is 1.08. The van der Waals surface area contributed by atoms with Gasteiger partial charge in [0.05, 0.1) is 6.04 Å². The minimum Gasteiger partial charge on any atom is -0.439 e. The van der Waals surface area contributed by atoms with Gasteiger partial charge in [-0.2, -0.15) is 0 Å². The monoisotopic (exact) mass is 198 g/mol. The van der Waals surface area contributed by atoms with E-state index in [1.54, 1.807) is 0 Å². The smallest absolute Gasteiger partial charge is 0.212 e. The summed E-state index contributed by atoms with van der Waals surface area (Å²) in [6.45, 7) is 1.85. The molecule has 0 saturated heterocycles. The highest BCUT2D eigenvalue weighted by molar-refractivity contribution is 5.85. The Labute approximate surface area is 82.3 Å². The SMILES string of the molecule is CC(N)c1nc2ccccc2o1.Cl. The number of fused-ring (bicyclic) bond motifs is 1. The molecule has 0 aliphatic carbocycles. The van der Waals surface area contributed by atoms with Gasteiger partial charge in [0.25, 0.3) is 0 Å². The van der Waals surface area contributed by atoms with Crippen LogP contribution in [-0.2, 0) is 0 Å². The van der Waals surface area contributed by atoms with Crippen molar-refractivity contribution in [2.75, 3.05) is 0 Å². The number of aromatic nitrogens is 1. The van der Waals surface area contributed by atoms with Crippen LogP contribution in [0.5, 0.6) is 0 Å². The fraction of sp³-hybridized carbons (Fsp3) is 0.222. The summed E-state index contributed by atoms with van der Waals surface area (Å²) in [5.74, 6) is 0.594. The second kappa shape index (κ2) is 3.77. The zero-order valence-corrected chi connectivity index (χ0v) is 8.04. The van der Waals surface area contributed by atoms with Crippen molar-refractivity contribution < 1.29 is 4.42 Å². The zero-order valence-electron chi connectivity index (χ0n) is 7.23. The molecule has 2 N–H and O–H groups in total. The van der Waals surface area contributed by atoms with Crippen LogP contribution in [0.3, 0.4) is 0 Å². The lowest BCUT2D eigenvalue weighted by Crippen LogP contribution is -2.04. The van der Waals surface area contributed by atoms with Gasteiger partial charge in [-0.15, -0.1) is 12.4 Å². The highest BCUT2D eigenvalue weighted by Crippen LogP contribution is 2.17. The lowest BCUT2D eigenvalue weighted by Gasteiger charge is -1.94. The van der Waals surface area contributed by atoms with Crippen molar-refractivity contribution in [3.63, 3.8) is 0 Å². The van der Waals surface area contributed by atoms with Gasteiger partial charge in [0.1, 0.15) is 5.52 Å². The lowest BCUT2D eigenvalue weighted by molar-refractivity contribution is 0.493. The van der Waals surface area contributed by atoms with Crippen molar-refractivity contribution >= 4 is 23.5 Å². The number of para-hydroxylation sites is 2. The van der Waals surface area contributed by atoms with Crippen molar-refractivity contribution in [2.45, 2.75) is 13.0 Å². The summed E-state index contributed by atoms with van der Waals surface area (Å²) in [6.07, 6.45) is 0. The number of nitrogens with two attached hydrogens (primary N) is 1. The number of benzene rings is 1. The van der Waals surface area contributed by atoms with Gasteiger partial charge < -0.3 is 10.2 Å². The summed E-state index contributed by atoms with van der Waals surface area (Å²) >= 11 is 0. The number of hydrogen-bond acceptors (Lipinski definition) is 3. The Kier molecular flexibility index (Phi) is 2.90. The molecule has 13 heavy (non-hydrogen) atoms. The largest absolute Gasteiger partial charge is 0.439 e. The molecule has 0 saturated carbocycles. The second-order valence-corrected chi connectivity index (χ2v) is 2.81. The van der Waals surface area contributed by atoms with E-state index >= 15 is 0 Å². The Morgan fingerprint density at radius 1 is 1.38 bits per heavy atom. The van der Waals surface area contributed by atoms with Crippen molar-refractivity contribution in [1.82, 2.24) is 4.98 Å². The van der Waals surface area contributed by atoms with Crippen molar-refractivity contribution in [3.8, 4) is 0 Å². The topological polar surface area (TPSA) is 52.0 Å². The fourth-order valence-electron chi connectivity index (χ4n) is 1.08. The minimum absolute atomic E-state index is 0. The van der Waals surface area contributed by atoms with Crippen molar-refractivity contribution in [2.24, 2.45) is 5.73 Å². The molecule has 0 amide bonds. The van der Waals surface area contributed by atoms with Gasteiger partial charge in [-0.25, -0.2) is 4.98 Å². The van der Waals surface area contributed by atoms with E-state index in [1.807, 2.05) is 31.2 Å². The van der Waals surface area contributed by atoms with E-state index in [2.05, 4.69) is 4.98 Å². The summed E-state index contributed by atoms with van der Waals surface area (Å²) in [5, 5.41) is 0. The predicted molar refractivity (Wildman–Crippen MR) is 53.9 cm³/mol. The van der Waals surface area contributed by atoms with Gasteiger partial charge in [0.2, 0.25) is 5.89 Å². The summed E-state index contributed by atoms with van der Waals surface area (Å²) < 4.78 is 5.39. The minimum atomic E-state index is -0.141. The third-order valence-corrected chi connectivity index (χ3v) is 1.70. The molecule has 0 aliphatic heterocycles. The van der Waals surface area contributed by atoms with Crippen LogP contribution in [0.2, 0.25) is 0 Å². The van der Waals surface area contributed by atoms with Crippen LogP contribution in [0.25, 0.3) is 11.1 Å². The quantitative estimate of drug-likeness (QED) is 0.765. The maximum Gasteiger partial charge on any atom is 0.212 e. The number of hydrogen-bond donors (Lipinski definition) is 1. The van der Waals surface area contributed by atoms with Gasteiger partial charge in [-0.05, 0) is 19.1 Å². The Hall–Kier alpha value is -1.06. The highest BCUT2D eigenvalue weighted by Gasteiger charge is 2.07. The summed E-state index contributed by atoms with van der Waals surface area (Å²) in [7, 11) is 0. The summed E-state index contributed by atoms with van der Waals surface area (Å²) in [4.78, 5) is 4.22. The summed E-state index contributed by atoms with van der Waals surface area (Å²) in [6, 6.07) is 7.49. The Morgan fingerprint density at radius 2 is 2.08 bits per heavy atom. The van der Waals surface area contributed by atoms with Gasteiger partial charge in [-0.3, -0.25) is 0 Å². The van der Waals surface area contributed by atoms with E-state index in [0.717, 1.165) is 11.1 Å². The molecule has 70 valence electrons. The first kappa shape index (κ1) is 10.0. The van der Waals surface area contributed by atoms with E-state index in [1.165, 1.54) is 0 Å². The molecule has 1 unspecified atom stereocenters. The first-order valence-corrected chi connectivity index (χ1v) is 3.88. The average molecular weight is 199 g/mol. The summed E-state index contributed by atoms with van der Waals surface area (Å²) in [5.41, 5.74) is 7.28. The molecule has 1 aromatic carbocycles. The molecule has 4 heteroatoms. The van der Waals surface area contributed by atoms with Gasteiger partial charge in [-0.1, -0.05) is 12.1 Å². The predicted octanol–water partition coefficient (Wildman–Crippen LogP) is 2.27. The Bertz CT molecular complexity index is 364. The molecule has 2 aromatic rings. The molecule has 2 rings (SSSR count). The molecule has 0 bridgehead atoms. The zero-order chi connectivity index (χ0) is 8.55. The molecule has 0 fully saturated rings. The van der Waals surface area contributed by atoms with E-state index in [-0.39, 0.29) is 18.4 Å². The third-order valence-electron chi connectivity index (χ3n) is 1.70. The molecule has 1 aromatic heterocycles. The molecule has 0 aliphatic rings. The number of oxazole rings is 1. The van der Waals surface area contributed by atoms with Gasteiger partial charge >= 0.3 is 0 Å². The Morgan fingerprint density at radius 3 is 2.69 bits per heavy atom. The van der Waals surface area contributed by atoms with Crippen LogP contribution in [0, 0.1) is 0 Å². The highest BCUT2D eigenvalue weighted by atomic mass is 35.5. The molecule has 0 spiro atoms. The van der Waals surface area contributed by atoms with Crippen LogP contribution >= 0.6 is 12.4 Å². The van der Waals surface area contributed by atoms with Crippen LogP contribution < -0.4 is 5.73 Å². The van der Waals surface area contributed by atoms with Crippen LogP contribution in [-0.4, -0.2) is 4.98 Å². The van der Waals surface area contributed by atoms with Crippen LogP contribution in [0.15, 0.2) is 28.7 Å². The normalized spacial score (nSPS) is 12.5. The first-order chi connectivity index (χ1) is 5.77. The van der Waals surface area contributed by atoms with Gasteiger partial charge in [0, 0.05) is 0 Å². The van der Waals surface area contributed by atoms with Crippen LogP contribution in [0.4, 0.5) is 0 Å². The third kappa shape index (κ3) is 1.82. The van der Waals surface area contributed by atoms with Crippen molar-refractivity contribution in [3.05, 3.63) is 30.2 Å². The maximum atomic E-state index is 5.62. The standard InChI is InChI=1S/C9H10N2O.ClH/c1-6(10)9-11-7-4-2-3-5-8(7)12-9;/h2-6H,10H2,1H3;1H. The second-order valence-electron chi connectivity index (χ2n) is 2.81. The molecular weight excluding hydrogens is 188 g/mol.